The van der Waals surface area contributed by atoms with Crippen LogP contribution in [-0.2, 0) is 4.79 Å². The second-order valence-electron chi connectivity index (χ2n) is 9.57. The summed E-state index contributed by atoms with van der Waals surface area (Å²) in [6.07, 6.45) is 4.61. The summed E-state index contributed by atoms with van der Waals surface area (Å²) < 4.78 is 1.74. The largest absolute Gasteiger partial charge is 0.364 e. The normalized spacial score (nSPS) is 18.5. The zero-order valence-corrected chi connectivity index (χ0v) is 20.4. The Kier molecular flexibility index (Phi) is 6.29. The number of aromatic nitrogens is 2. The Morgan fingerprint density at radius 3 is 2.29 bits per heavy atom. The zero-order valence-electron chi connectivity index (χ0n) is 19.6. The van der Waals surface area contributed by atoms with Crippen molar-refractivity contribution in [3.8, 4) is 5.69 Å². The van der Waals surface area contributed by atoms with Crippen LogP contribution >= 0.6 is 12.2 Å². The number of aromatic amines is 1. The minimum absolute atomic E-state index is 0.0840. The molecule has 0 atom stereocenters. The lowest BCUT2D eigenvalue weighted by atomic mass is 9.83. The number of likely N-dealkylation sites (tertiary alicyclic amines) is 2. The van der Waals surface area contributed by atoms with Gasteiger partial charge < -0.3 is 20.5 Å². The number of quaternary nitrogens is 1. The van der Waals surface area contributed by atoms with E-state index in [4.69, 9.17) is 18.0 Å². The predicted molar refractivity (Wildman–Crippen MR) is 136 cm³/mol. The molecule has 5 rings (SSSR count). The predicted octanol–water partition coefficient (Wildman–Crippen LogP) is 1.58. The van der Waals surface area contributed by atoms with Crippen LogP contribution in [0.5, 0.6) is 0 Å². The van der Waals surface area contributed by atoms with Gasteiger partial charge in [0.1, 0.15) is 0 Å². The lowest BCUT2D eigenvalue weighted by Gasteiger charge is -2.45. The van der Waals surface area contributed by atoms with Crippen molar-refractivity contribution >= 4 is 34.9 Å². The Balaban J connectivity index is 1.34. The van der Waals surface area contributed by atoms with Gasteiger partial charge >= 0.3 is 0 Å². The van der Waals surface area contributed by atoms with E-state index in [1.54, 1.807) is 35.2 Å². The molecule has 2 fully saturated rings. The van der Waals surface area contributed by atoms with Crippen LogP contribution in [0.2, 0.25) is 0 Å². The molecule has 9 heteroatoms. The van der Waals surface area contributed by atoms with Gasteiger partial charge in [0.15, 0.2) is 10.3 Å². The van der Waals surface area contributed by atoms with Gasteiger partial charge in [0.2, 0.25) is 0 Å². The van der Waals surface area contributed by atoms with Crippen molar-refractivity contribution in [1.29, 1.82) is 0 Å². The molecule has 8 nitrogen and oxygen atoms in total. The van der Waals surface area contributed by atoms with Crippen molar-refractivity contribution in [2.75, 3.05) is 26.2 Å². The first kappa shape index (κ1) is 23.4. The average molecular weight is 493 g/mol. The van der Waals surface area contributed by atoms with Gasteiger partial charge in [-0.3, -0.25) is 19.0 Å². The quantitative estimate of drug-likeness (QED) is 0.481. The molecule has 2 saturated heterocycles. The van der Waals surface area contributed by atoms with Gasteiger partial charge in [-0.25, -0.2) is 0 Å². The first-order valence-electron chi connectivity index (χ1n) is 12.2. The molecule has 0 aliphatic carbocycles. The van der Waals surface area contributed by atoms with E-state index in [2.05, 4.69) is 4.98 Å². The molecule has 2 amide bonds. The summed E-state index contributed by atoms with van der Waals surface area (Å²) >= 11 is 5.42. The molecule has 182 valence electrons. The number of benzene rings is 2. The fourth-order valence-electron chi connectivity index (χ4n) is 5.66. The molecule has 2 aliphatic rings. The van der Waals surface area contributed by atoms with E-state index in [-0.39, 0.29) is 17.4 Å². The van der Waals surface area contributed by atoms with Crippen molar-refractivity contribution in [2.45, 2.75) is 37.6 Å². The molecule has 3 aromatic rings. The van der Waals surface area contributed by atoms with Gasteiger partial charge in [-0.2, -0.15) is 0 Å². The van der Waals surface area contributed by atoms with Crippen molar-refractivity contribution in [2.24, 2.45) is 5.73 Å². The molecule has 1 aromatic heterocycles. The van der Waals surface area contributed by atoms with E-state index in [9.17, 15) is 14.4 Å². The lowest BCUT2D eigenvalue weighted by molar-refractivity contribution is -0.948. The first-order chi connectivity index (χ1) is 16.9. The number of amides is 2. The van der Waals surface area contributed by atoms with E-state index in [0.717, 1.165) is 25.9 Å². The van der Waals surface area contributed by atoms with Crippen molar-refractivity contribution in [3.63, 3.8) is 0 Å². The Bertz CT molecular complexity index is 1380. The Hall–Kier alpha value is -3.30. The molecule has 0 bridgehead atoms. The van der Waals surface area contributed by atoms with Crippen LogP contribution in [0.25, 0.3) is 16.6 Å². The van der Waals surface area contributed by atoms with E-state index in [1.165, 1.54) is 15.9 Å². The van der Waals surface area contributed by atoms with Gasteiger partial charge in [-0.05, 0) is 67.9 Å². The minimum atomic E-state index is -0.575. The van der Waals surface area contributed by atoms with Gasteiger partial charge in [0.05, 0.1) is 29.7 Å². The number of hydrogen-bond acceptors (Lipinski definition) is 4. The van der Waals surface area contributed by atoms with Crippen molar-refractivity contribution in [3.05, 3.63) is 69.2 Å². The van der Waals surface area contributed by atoms with Gasteiger partial charge in [-0.15, -0.1) is 0 Å². The van der Waals surface area contributed by atoms with Crippen molar-refractivity contribution in [1.82, 2.24) is 14.5 Å². The number of piperidine rings is 2. The summed E-state index contributed by atoms with van der Waals surface area (Å²) in [5.74, 6) is -0.331. The number of hydrogen-bond donors (Lipinski definition) is 3. The molecule has 0 saturated carbocycles. The third-order valence-corrected chi connectivity index (χ3v) is 7.97. The first-order valence-corrected chi connectivity index (χ1v) is 12.6. The molecule has 4 N–H and O–H groups in total. The lowest BCUT2D eigenvalue weighted by Crippen LogP contribution is -3.22. The highest BCUT2D eigenvalue weighted by Crippen LogP contribution is 2.22. The molecule has 0 spiro atoms. The van der Waals surface area contributed by atoms with Gasteiger partial charge in [0, 0.05) is 31.5 Å². The minimum Gasteiger partial charge on any atom is -0.364 e. The summed E-state index contributed by atoms with van der Waals surface area (Å²) in [5, 5.41) is 0.545. The fraction of sp³-hybridized carbons (Fsp3) is 0.385. The van der Waals surface area contributed by atoms with Crippen LogP contribution in [0.3, 0.4) is 0 Å². The molecular formula is C26H30N5O3S+. The highest BCUT2D eigenvalue weighted by molar-refractivity contribution is 7.71. The van der Waals surface area contributed by atoms with Crippen LogP contribution in [0, 0.1) is 4.77 Å². The smallest absolute Gasteiger partial charge is 0.278 e. The number of nitrogens with one attached hydrogen (secondary N) is 2. The van der Waals surface area contributed by atoms with Gasteiger partial charge in [0.25, 0.3) is 17.4 Å². The number of fused-ring (bicyclic) bond motifs is 1. The third kappa shape index (κ3) is 4.19. The van der Waals surface area contributed by atoms with Crippen LogP contribution in [0.1, 0.15) is 42.5 Å². The van der Waals surface area contributed by atoms with Crippen LogP contribution in [0.4, 0.5) is 0 Å². The number of primary amides is 1. The highest BCUT2D eigenvalue weighted by atomic mass is 32.1. The SMILES string of the molecule is NC(=O)C1([NH+]2CCCCC2)CCN(C(=O)c2ccc(-n3c(=S)[nH]c4ccccc4c3=O)cc2)CC1. The molecule has 35 heavy (non-hydrogen) atoms. The van der Waals surface area contributed by atoms with Crippen LogP contribution < -0.4 is 16.2 Å². The molecule has 2 aromatic carbocycles. The monoisotopic (exact) mass is 492 g/mol. The number of H-pyrrole nitrogens is 1. The zero-order chi connectivity index (χ0) is 24.6. The Labute approximate surface area is 208 Å². The van der Waals surface area contributed by atoms with E-state index in [1.807, 2.05) is 18.2 Å². The van der Waals surface area contributed by atoms with E-state index < -0.39 is 5.54 Å². The number of rotatable bonds is 4. The number of para-hydroxylation sites is 1. The highest BCUT2D eigenvalue weighted by Gasteiger charge is 2.49. The topological polar surface area (TPSA) is 106 Å². The standard InChI is InChI=1S/C26H29N5O3S/c27-24(34)26(30-14-4-1-5-15-30)12-16-29(17-13-26)22(32)18-8-10-19(11-9-18)31-23(33)20-6-2-3-7-21(20)28-25(31)35/h2-3,6-11H,1,4-5,12-17H2,(H2,27,34)(H,28,35)/p+1. The van der Waals surface area contributed by atoms with E-state index in [0.29, 0.717) is 52.9 Å². The molecule has 0 unspecified atom stereocenters. The number of carbonyl (C=O) groups excluding carboxylic acids is 2. The maximum Gasteiger partial charge on any atom is 0.278 e. The van der Waals surface area contributed by atoms with Crippen LogP contribution in [-0.4, -0.2) is 58.0 Å². The summed E-state index contributed by atoms with van der Waals surface area (Å²) in [4.78, 5) is 44.9. The second-order valence-corrected chi connectivity index (χ2v) is 9.95. The number of nitrogens with zero attached hydrogens (tertiary/aromatic N) is 2. The second kappa shape index (κ2) is 9.39. The number of nitrogens with two attached hydrogens (primary N) is 1. The van der Waals surface area contributed by atoms with Gasteiger partial charge in [-0.1, -0.05) is 12.1 Å². The maximum atomic E-state index is 13.2. The fourth-order valence-corrected chi connectivity index (χ4v) is 5.95. The summed E-state index contributed by atoms with van der Waals surface area (Å²) in [5.41, 5.74) is 6.94. The summed E-state index contributed by atoms with van der Waals surface area (Å²) in [6.45, 7) is 2.94. The Morgan fingerprint density at radius 2 is 1.63 bits per heavy atom. The molecule has 2 aliphatic heterocycles. The van der Waals surface area contributed by atoms with Crippen LogP contribution in [0.15, 0.2) is 53.3 Å². The molecular weight excluding hydrogens is 462 g/mol. The molecule has 0 radical (unpaired) electrons. The number of carbonyl (C=O) groups is 2. The summed E-state index contributed by atoms with van der Waals surface area (Å²) in [7, 11) is 0. The molecule has 3 heterocycles. The average Bonchev–Trinajstić information content (AvgIpc) is 2.89. The van der Waals surface area contributed by atoms with E-state index >= 15 is 0 Å². The summed E-state index contributed by atoms with van der Waals surface area (Å²) in [6, 6.07) is 14.2. The van der Waals surface area contributed by atoms with Crippen molar-refractivity contribution < 1.29 is 14.5 Å². The third-order valence-electron chi connectivity index (χ3n) is 7.69. The Morgan fingerprint density at radius 1 is 0.971 bits per heavy atom. The maximum absolute atomic E-state index is 13.2.